The molecular weight excluding hydrogens is 811 g/mol. The minimum absolute atomic E-state index is 0.565. The monoisotopic (exact) mass is 853 g/mol. The molecule has 0 aromatic heterocycles. The Morgan fingerprint density at radius 2 is 0.836 bits per heavy atom. The summed E-state index contributed by atoms with van der Waals surface area (Å²) in [5.41, 5.74) is 19.0. The zero-order valence-corrected chi connectivity index (χ0v) is 36.7. The molecule has 0 bridgehead atoms. The van der Waals surface area contributed by atoms with Gasteiger partial charge in [-0.05, 0) is 132 Å². The zero-order valence-electron chi connectivity index (χ0n) is 36.7. The fourth-order valence-corrected chi connectivity index (χ4v) is 10.9. The van der Waals surface area contributed by atoms with Gasteiger partial charge >= 0.3 is 0 Å². The first kappa shape index (κ1) is 38.7. The van der Waals surface area contributed by atoms with Gasteiger partial charge in [0.1, 0.15) is 11.5 Å². The third kappa shape index (κ3) is 6.26. The number of nitrogens with zero attached hydrogens (tertiary/aromatic N) is 1. The topological polar surface area (TPSA) is 12.5 Å². The summed E-state index contributed by atoms with van der Waals surface area (Å²) >= 11 is 0. The van der Waals surface area contributed by atoms with Gasteiger partial charge in [0.05, 0.1) is 11.1 Å². The Morgan fingerprint density at radius 3 is 1.54 bits per heavy atom. The number of hydrogen-bond donors (Lipinski definition) is 0. The van der Waals surface area contributed by atoms with Crippen LogP contribution in [0, 0.1) is 0 Å². The highest BCUT2D eigenvalue weighted by Gasteiger charge is 2.46. The Bertz CT molecular complexity index is 3600. The van der Waals surface area contributed by atoms with Crippen molar-refractivity contribution in [2.45, 2.75) is 5.41 Å². The van der Waals surface area contributed by atoms with Crippen LogP contribution >= 0.6 is 0 Å². The standard InChI is InChI=1S/C65H43NO/c1-5-18-44(19-6-1)46-32-35-52(36-33-46)66(53-37-39-56-55-28-15-16-29-59(55)65(60(56)43-53,50-24-9-3-10-25-50)51-26-11-4-12-27-51)61-30-17-31-62-64(61)58-41-49(45-20-7-2-8-21-45)34-38-54(58)57-40-47-22-13-14-23-48(47)42-63(57)67-62/h1-43H. The van der Waals surface area contributed by atoms with Crippen LogP contribution in [0.4, 0.5) is 17.1 Å². The fraction of sp³-hybridized carbons (Fsp3) is 0.0154. The number of rotatable bonds is 7. The second-order valence-electron chi connectivity index (χ2n) is 17.6. The van der Waals surface area contributed by atoms with Gasteiger partial charge in [0.15, 0.2) is 0 Å². The van der Waals surface area contributed by atoms with Crippen LogP contribution in [0.2, 0.25) is 0 Å². The minimum Gasteiger partial charge on any atom is -0.456 e. The lowest BCUT2D eigenvalue weighted by Crippen LogP contribution is -2.28. The van der Waals surface area contributed by atoms with E-state index in [1.807, 2.05) is 0 Å². The van der Waals surface area contributed by atoms with E-state index in [1.165, 1.54) is 44.3 Å². The zero-order chi connectivity index (χ0) is 44.3. The SMILES string of the molecule is c1ccc(-c2ccc(N(c3ccc4c(c3)C(c3ccccc3)(c3ccccc3)c3ccccc3-4)c3cccc4c3-c3cc(-c5ccccc5)ccc3-c3cc5ccccc5cc3O4)cc2)cc1. The summed E-state index contributed by atoms with van der Waals surface area (Å²) in [6.45, 7) is 0. The molecule has 0 amide bonds. The van der Waals surface area contributed by atoms with E-state index in [0.717, 1.165) is 72.9 Å². The largest absolute Gasteiger partial charge is 0.456 e. The van der Waals surface area contributed by atoms with Gasteiger partial charge in [0.2, 0.25) is 0 Å². The van der Waals surface area contributed by atoms with Crippen LogP contribution in [0.5, 0.6) is 11.5 Å². The van der Waals surface area contributed by atoms with Gasteiger partial charge in [-0.1, -0.05) is 206 Å². The van der Waals surface area contributed by atoms with Crippen molar-refractivity contribution in [3.05, 3.63) is 283 Å². The molecule has 0 unspecified atom stereocenters. The summed E-state index contributed by atoms with van der Waals surface area (Å²) in [5.74, 6) is 1.65. The predicted molar refractivity (Wildman–Crippen MR) is 278 cm³/mol. The van der Waals surface area contributed by atoms with E-state index < -0.39 is 5.41 Å². The highest BCUT2D eigenvalue weighted by atomic mass is 16.5. The van der Waals surface area contributed by atoms with Crippen LogP contribution in [0.15, 0.2) is 261 Å². The first-order valence-corrected chi connectivity index (χ1v) is 23.1. The molecule has 1 heterocycles. The second kappa shape index (κ2) is 15.8. The molecule has 0 radical (unpaired) electrons. The molecule has 2 heteroatoms. The molecular formula is C65H43NO. The van der Waals surface area contributed by atoms with Gasteiger partial charge in [-0.2, -0.15) is 0 Å². The molecule has 11 aromatic rings. The number of ether oxygens (including phenoxy) is 1. The van der Waals surface area contributed by atoms with Crippen molar-refractivity contribution in [2.24, 2.45) is 0 Å². The molecule has 0 saturated carbocycles. The van der Waals surface area contributed by atoms with Gasteiger partial charge in [0, 0.05) is 22.5 Å². The Balaban J connectivity index is 1.10. The summed E-state index contributed by atoms with van der Waals surface area (Å²) in [5, 5.41) is 2.32. The molecule has 13 rings (SSSR count). The molecule has 1 aliphatic carbocycles. The molecule has 0 fully saturated rings. The first-order valence-electron chi connectivity index (χ1n) is 23.1. The van der Waals surface area contributed by atoms with E-state index in [0.29, 0.717) is 0 Å². The normalized spacial score (nSPS) is 12.7. The van der Waals surface area contributed by atoms with Crippen LogP contribution < -0.4 is 9.64 Å². The van der Waals surface area contributed by atoms with E-state index >= 15 is 0 Å². The van der Waals surface area contributed by atoms with Crippen molar-refractivity contribution in [3.8, 4) is 67.1 Å². The average Bonchev–Trinajstić information content (AvgIpc) is 3.62. The fourth-order valence-electron chi connectivity index (χ4n) is 10.9. The molecule has 0 N–H and O–H groups in total. The number of benzene rings is 11. The molecule has 2 nitrogen and oxygen atoms in total. The lowest BCUT2D eigenvalue weighted by atomic mass is 9.67. The maximum absolute atomic E-state index is 7.22. The highest BCUT2D eigenvalue weighted by Crippen LogP contribution is 2.59. The Morgan fingerprint density at radius 1 is 0.299 bits per heavy atom. The summed E-state index contributed by atoms with van der Waals surface area (Å²) in [6.07, 6.45) is 0. The van der Waals surface area contributed by atoms with E-state index in [1.54, 1.807) is 0 Å². The highest BCUT2D eigenvalue weighted by molar-refractivity contribution is 6.03. The lowest BCUT2D eigenvalue weighted by Gasteiger charge is -2.35. The molecule has 0 atom stereocenters. The number of anilines is 3. The van der Waals surface area contributed by atoms with E-state index in [9.17, 15) is 0 Å². The molecule has 0 saturated heterocycles. The van der Waals surface area contributed by atoms with Gasteiger partial charge in [-0.25, -0.2) is 0 Å². The quantitative estimate of drug-likeness (QED) is 0.158. The summed E-state index contributed by atoms with van der Waals surface area (Å²) in [7, 11) is 0. The second-order valence-corrected chi connectivity index (χ2v) is 17.6. The molecule has 11 aromatic carbocycles. The van der Waals surface area contributed by atoms with Crippen LogP contribution in [0.1, 0.15) is 22.3 Å². The molecule has 314 valence electrons. The van der Waals surface area contributed by atoms with Crippen LogP contribution in [-0.4, -0.2) is 0 Å². The van der Waals surface area contributed by atoms with E-state index in [4.69, 9.17) is 4.74 Å². The van der Waals surface area contributed by atoms with Crippen LogP contribution in [0.3, 0.4) is 0 Å². The van der Waals surface area contributed by atoms with Gasteiger partial charge in [0.25, 0.3) is 0 Å². The number of fused-ring (bicyclic) bond motifs is 9. The maximum Gasteiger partial charge on any atom is 0.137 e. The summed E-state index contributed by atoms with van der Waals surface area (Å²) in [6, 6.07) is 95.1. The molecule has 0 spiro atoms. The summed E-state index contributed by atoms with van der Waals surface area (Å²) < 4.78 is 7.22. The van der Waals surface area contributed by atoms with E-state index in [2.05, 4.69) is 266 Å². The summed E-state index contributed by atoms with van der Waals surface area (Å²) in [4.78, 5) is 2.45. The van der Waals surface area contributed by atoms with Gasteiger partial charge in [-0.3, -0.25) is 0 Å². The maximum atomic E-state index is 7.22. The van der Waals surface area contributed by atoms with Crippen LogP contribution in [0.25, 0.3) is 66.4 Å². The van der Waals surface area contributed by atoms with Crippen molar-refractivity contribution in [1.29, 1.82) is 0 Å². The third-order valence-electron chi connectivity index (χ3n) is 13.9. The van der Waals surface area contributed by atoms with Crippen molar-refractivity contribution in [2.75, 3.05) is 4.90 Å². The Hall–Kier alpha value is -8.72. The first-order chi connectivity index (χ1) is 33.2. The van der Waals surface area contributed by atoms with Gasteiger partial charge < -0.3 is 9.64 Å². The third-order valence-corrected chi connectivity index (χ3v) is 13.9. The molecule has 2 aliphatic rings. The van der Waals surface area contributed by atoms with Gasteiger partial charge in [-0.15, -0.1) is 0 Å². The average molecular weight is 854 g/mol. The van der Waals surface area contributed by atoms with Crippen molar-refractivity contribution < 1.29 is 4.74 Å². The smallest absolute Gasteiger partial charge is 0.137 e. The molecule has 67 heavy (non-hydrogen) atoms. The van der Waals surface area contributed by atoms with Crippen LogP contribution in [-0.2, 0) is 5.41 Å². The van der Waals surface area contributed by atoms with Crippen molar-refractivity contribution in [1.82, 2.24) is 0 Å². The Labute approximate surface area is 391 Å². The minimum atomic E-state index is -0.565. The lowest BCUT2D eigenvalue weighted by molar-refractivity contribution is 0.488. The van der Waals surface area contributed by atoms with Crippen molar-refractivity contribution >= 4 is 27.8 Å². The molecule has 1 aliphatic heterocycles. The number of hydrogen-bond acceptors (Lipinski definition) is 2. The Kier molecular flexibility index (Phi) is 9.11. The van der Waals surface area contributed by atoms with E-state index in [-0.39, 0.29) is 0 Å². The van der Waals surface area contributed by atoms with Crippen molar-refractivity contribution in [3.63, 3.8) is 0 Å². The predicted octanol–water partition coefficient (Wildman–Crippen LogP) is 17.4.